The first-order chi connectivity index (χ1) is 13.0. The maximum Gasteiger partial charge on any atom is 0.341 e. The molecule has 2 aromatic carbocycles. The number of nitrogens with one attached hydrogen (secondary N) is 2. The summed E-state index contributed by atoms with van der Waals surface area (Å²) >= 11 is 5.97. The van der Waals surface area contributed by atoms with Gasteiger partial charge in [0.05, 0.1) is 11.2 Å². The van der Waals surface area contributed by atoms with Gasteiger partial charge in [0.15, 0.2) is 6.61 Å². The Hall–Kier alpha value is -3.39. The lowest BCUT2D eigenvalue weighted by Crippen LogP contribution is -2.37. The number of aliphatic carboxylic acids is 1. The molecule has 0 saturated heterocycles. The van der Waals surface area contributed by atoms with Gasteiger partial charge in [-0.05, 0) is 29.3 Å². The van der Waals surface area contributed by atoms with E-state index in [9.17, 15) is 14.4 Å². The van der Waals surface area contributed by atoms with Gasteiger partial charge in [-0.15, -0.1) is 0 Å². The van der Waals surface area contributed by atoms with Crippen molar-refractivity contribution in [2.24, 2.45) is 5.10 Å². The predicted octanol–water partition coefficient (Wildman–Crippen LogP) is 1.57. The molecule has 8 nitrogen and oxygen atoms in total. The summed E-state index contributed by atoms with van der Waals surface area (Å²) in [7, 11) is 0. The Morgan fingerprint density at radius 1 is 1.11 bits per heavy atom. The average molecular weight is 390 g/mol. The minimum absolute atomic E-state index is 0.187. The third-order valence-corrected chi connectivity index (χ3v) is 3.48. The lowest BCUT2D eigenvalue weighted by Gasteiger charge is -2.06. The van der Waals surface area contributed by atoms with Crippen LogP contribution in [-0.2, 0) is 20.9 Å². The van der Waals surface area contributed by atoms with Gasteiger partial charge in [-0.25, -0.2) is 10.2 Å². The molecule has 27 heavy (non-hydrogen) atoms. The van der Waals surface area contributed by atoms with Gasteiger partial charge in [0.2, 0.25) is 0 Å². The lowest BCUT2D eigenvalue weighted by atomic mass is 10.2. The van der Waals surface area contributed by atoms with Crippen LogP contribution in [0, 0.1) is 0 Å². The molecule has 0 saturated carbocycles. The van der Waals surface area contributed by atoms with Crippen molar-refractivity contribution in [1.82, 2.24) is 10.7 Å². The molecular formula is C18H16ClN3O5. The van der Waals surface area contributed by atoms with Gasteiger partial charge < -0.3 is 15.2 Å². The molecular weight excluding hydrogens is 374 g/mol. The zero-order valence-corrected chi connectivity index (χ0v) is 14.8. The molecule has 0 aromatic heterocycles. The molecule has 0 heterocycles. The number of carbonyl (C=O) groups is 3. The van der Waals surface area contributed by atoms with E-state index in [1.165, 1.54) is 18.3 Å². The normalized spacial score (nSPS) is 10.4. The summed E-state index contributed by atoms with van der Waals surface area (Å²) in [5.74, 6) is -2.63. The summed E-state index contributed by atoms with van der Waals surface area (Å²) < 4.78 is 4.99. The summed E-state index contributed by atoms with van der Waals surface area (Å²) in [6.07, 6.45) is 1.29. The van der Waals surface area contributed by atoms with E-state index in [-0.39, 0.29) is 17.3 Å². The molecule has 0 aliphatic carbocycles. The van der Waals surface area contributed by atoms with Crippen molar-refractivity contribution in [3.8, 4) is 5.75 Å². The highest BCUT2D eigenvalue weighted by atomic mass is 35.5. The topological polar surface area (TPSA) is 117 Å². The van der Waals surface area contributed by atoms with Crippen molar-refractivity contribution in [1.29, 1.82) is 0 Å². The maximum atomic E-state index is 11.7. The van der Waals surface area contributed by atoms with E-state index in [4.69, 9.17) is 21.4 Å². The van der Waals surface area contributed by atoms with Gasteiger partial charge in [0, 0.05) is 6.54 Å². The largest absolute Gasteiger partial charge is 0.480 e. The van der Waals surface area contributed by atoms with Crippen molar-refractivity contribution < 1.29 is 24.2 Å². The number of rotatable bonds is 7. The van der Waals surface area contributed by atoms with E-state index in [1.54, 1.807) is 6.07 Å². The Labute approximate surface area is 159 Å². The minimum atomic E-state index is -1.12. The molecule has 9 heteroatoms. The Kier molecular flexibility index (Phi) is 7.33. The molecule has 0 spiro atoms. The fourth-order valence-corrected chi connectivity index (χ4v) is 2.17. The average Bonchev–Trinajstić information content (AvgIpc) is 2.66. The molecule has 2 rings (SSSR count). The maximum absolute atomic E-state index is 11.7. The zero-order chi connectivity index (χ0) is 19.6. The van der Waals surface area contributed by atoms with Gasteiger partial charge in [-0.3, -0.25) is 9.59 Å². The quantitative estimate of drug-likeness (QED) is 0.377. The lowest BCUT2D eigenvalue weighted by molar-refractivity contribution is -0.139. The monoisotopic (exact) mass is 389 g/mol. The molecule has 0 radical (unpaired) electrons. The van der Waals surface area contributed by atoms with E-state index in [0.29, 0.717) is 5.56 Å². The van der Waals surface area contributed by atoms with Crippen molar-refractivity contribution >= 4 is 35.6 Å². The van der Waals surface area contributed by atoms with Gasteiger partial charge in [-0.2, -0.15) is 5.10 Å². The van der Waals surface area contributed by atoms with Gasteiger partial charge in [0.1, 0.15) is 5.75 Å². The number of nitrogens with zero attached hydrogens (tertiary/aromatic N) is 1. The Morgan fingerprint density at radius 2 is 1.85 bits per heavy atom. The summed E-state index contributed by atoms with van der Waals surface area (Å²) in [6, 6.07) is 13.7. The van der Waals surface area contributed by atoms with Crippen LogP contribution < -0.4 is 15.5 Å². The Morgan fingerprint density at radius 3 is 2.52 bits per heavy atom. The number of carbonyl (C=O) groups excluding carboxylic acids is 2. The molecule has 2 aromatic rings. The molecule has 0 fully saturated rings. The number of hydrazone groups is 1. The molecule has 0 aliphatic heterocycles. The predicted molar refractivity (Wildman–Crippen MR) is 98.6 cm³/mol. The van der Waals surface area contributed by atoms with Crippen molar-refractivity contribution in [2.45, 2.75) is 6.54 Å². The highest BCUT2D eigenvalue weighted by molar-refractivity contribution is 6.35. The third-order valence-electron chi connectivity index (χ3n) is 3.19. The first-order valence-electron chi connectivity index (χ1n) is 7.75. The van der Waals surface area contributed by atoms with E-state index >= 15 is 0 Å². The second-order valence-electron chi connectivity index (χ2n) is 5.24. The number of amides is 2. The van der Waals surface area contributed by atoms with Crippen LogP contribution in [0.5, 0.6) is 5.75 Å². The van der Waals surface area contributed by atoms with Crippen LogP contribution >= 0.6 is 11.6 Å². The standard InChI is InChI=1S/C18H16ClN3O5/c19-14-8-13(6-7-15(14)27-11-16(23)24)10-21-22-18(26)17(25)20-9-12-4-2-1-3-5-12/h1-8,10H,9,11H2,(H,20,25)(H,22,26)(H,23,24)/b21-10-. The van der Waals surface area contributed by atoms with E-state index < -0.39 is 24.4 Å². The van der Waals surface area contributed by atoms with Crippen LogP contribution in [0.15, 0.2) is 53.6 Å². The summed E-state index contributed by atoms with van der Waals surface area (Å²) in [5.41, 5.74) is 3.49. The van der Waals surface area contributed by atoms with Gasteiger partial charge >= 0.3 is 17.8 Å². The first-order valence-corrected chi connectivity index (χ1v) is 8.13. The second-order valence-corrected chi connectivity index (χ2v) is 5.65. The highest BCUT2D eigenvalue weighted by Crippen LogP contribution is 2.24. The van der Waals surface area contributed by atoms with Crippen LogP contribution in [0.2, 0.25) is 5.02 Å². The van der Waals surface area contributed by atoms with Crippen LogP contribution in [0.4, 0.5) is 0 Å². The fourth-order valence-electron chi connectivity index (χ4n) is 1.93. The number of ether oxygens (including phenoxy) is 1. The number of hydrogen-bond donors (Lipinski definition) is 3. The van der Waals surface area contributed by atoms with E-state index in [1.807, 2.05) is 30.3 Å². The molecule has 0 unspecified atom stereocenters. The molecule has 140 valence electrons. The third kappa shape index (κ3) is 6.79. The number of carboxylic acid groups (broad SMARTS) is 1. The smallest absolute Gasteiger partial charge is 0.341 e. The molecule has 2 amide bonds. The van der Waals surface area contributed by atoms with Crippen molar-refractivity contribution in [3.05, 3.63) is 64.7 Å². The number of carboxylic acids is 1. The van der Waals surface area contributed by atoms with E-state index in [2.05, 4.69) is 15.8 Å². The van der Waals surface area contributed by atoms with Crippen LogP contribution in [-0.4, -0.2) is 35.7 Å². The summed E-state index contributed by atoms with van der Waals surface area (Å²) in [6.45, 7) is -0.286. The molecule has 0 bridgehead atoms. The number of halogens is 1. The second kappa shape index (κ2) is 9.93. The zero-order valence-electron chi connectivity index (χ0n) is 14.0. The van der Waals surface area contributed by atoms with Gasteiger partial charge in [-0.1, -0.05) is 41.9 Å². The first kappa shape index (κ1) is 19.9. The highest BCUT2D eigenvalue weighted by Gasteiger charge is 2.11. The molecule has 3 N–H and O–H groups in total. The fraction of sp³-hybridized carbons (Fsp3) is 0.111. The van der Waals surface area contributed by atoms with Crippen molar-refractivity contribution in [2.75, 3.05) is 6.61 Å². The number of hydrogen-bond acceptors (Lipinski definition) is 5. The minimum Gasteiger partial charge on any atom is -0.480 e. The van der Waals surface area contributed by atoms with Crippen molar-refractivity contribution in [3.63, 3.8) is 0 Å². The number of benzene rings is 2. The molecule has 0 aliphatic rings. The summed E-state index contributed by atoms with van der Waals surface area (Å²) in [5, 5.41) is 14.9. The van der Waals surface area contributed by atoms with Crippen LogP contribution in [0.1, 0.15) is 11.1 Å². The van der Waals surface area contributed by atoms with E-state index in [0.717, 1.165) is 5.56 Å². The van der Waals surface area contributed by atoms with Crippen LogP contribution in [0.25, 0.3) is 0 Å². The SMILES string of the molecule is O=C(O)COc1ccc(/C=N\NC(=O)C(=O)NCc2ccccc2)cc1Cl. The van der Waals surface area contributed by atoms with Gasteiger partial charge in [0.25, 0.3) is 0 Å². The molecule has 0 atom stereocenters. The van der Waals surface area contributed by atoms with Crippen LogP contribution in [0.3, 0.4) is 0 Å². The summed E-state index contributed by atoms with van der Waals surface area (Å²) in [4.78, 5) is 33.9. The Balaban J connectivity index is 1.83. The Bertz CT molecular complexity index is 855.